The summed E-state index contributed by atoms with van der Waals surface area (Å²) in [4.78, 5) is 24.6. The van der Waals surface area contributed by atoms with Crippen molar-refractivity contribution in [3.05, 3.63) is 0 Å². The third kappa shape index (κ3) is 3.47. The summed E-state index contributed by atoms with van der Waals surface area (Å²) < 4.78 is 5.31. The smallest absolute Gasteiger partial charge is 0.410 e. The van der Waals surface area contributed by atoms with E-state index in [-0.39, 0.29) is 11.5 Å². The number of Topliss-reactive ketones (excluding diaryl/α,β-unsaturated/α-hetero) is 1. The number of carbonyl (C=O) groups excluding carboxylic acids is 2. The van der Waals surface area contributed by atoms with Crippen molar-refractivity contribution in [1.82, 2.24) is 4.90 Å². The Morgan fingerprint density at radius 3 is 2.28 bits per heavy atom. The molecule has 0 aromatic heterocycles. The van der Waals surface area contributed by atoms with Crippen LogP contribution in [0.15, 0.2) is 0 Å². The molecule has 2 aliphatic rings. The summed E-state index contributed by atoms with van der Waals surface area (Å²) in [5, 5.41) is 0. The van der Waals surface area contributed by atoms with Gasteiger partial charge in [-0.2, -0.15) is 0 Å². The standard InChI is InChI=1S/C12H19NO3.C2H6/c1-11(2,3)16-10(15)13-5-4-12(8-13)6-9(14)7-12;1-2/h4-8H2,1-3H3;1-2H3. The number of amides is 1. The number of likely N-dealkylation sites (tertiary alicyclic amines) is 1. The normalized spacial score (nSPS) is 21.2. The Morgan fingerprint density at radius 1 is 1.28 bits per heavy atom. The van der Waals surface area contributed by atoms with E-state index in [2.05, 4.69) is 0 Å². The summed E-state index contributed by atoms with van der Waals surface area (Å²) in [6.07, 6.45) is 1.99. The second-order valence-electron chi connectivity index (χ2n) is 6.04. The van der Waals surface area contributed by atoms with E-state index in [0.29, 0.717) is 25.2 Å². The minimum atomic E-state index is -0.442. The topological polar surface area (TPSA) is 46.6 Å². The van der Waals surface area contributed by atoms with Crippen LogP contribution in [-0.4, -0.2) is 35.5 Å². The van der Waals surface area contributed by atoms with Gasteiger partial charge in [0.15, 0.2) is 0 Å². The summed E-state index contributed by atoms with van der Waals surface area (Å²) in [5.74, 6) is 0.325. The molecular weight excluding hydrogens is 230 g/mol. The van der Waals surface area contributed by atoms with Crippen molar-refractivity contribution in [2.75, 3.05) is 13.1 Å². The molecule has 0 bridgehead atoms. The third-order valence-corrected chi connectivity index (χ3v) is 3.23. The van der Waals surface area contributed by atoms with Crippen molar-refractivity contribution in [3.8, 4) is 0 Å². The van der Waals surface area contributed by atoms with Gasteiger partial charge in [0.1, 0.15) is 11.4 Å². The quantitative estimate of drug-likeness (QED) is 0.668. The lowest BCUT2D eigenvalue weighted by atomic mass is 9.67. The molecular formula is C14H25NO3. The second kappa shape index (κ2) is 5.29. The number of rotatable bonds is 0. The fourth-order valence-corrected chi connectivity index (χ4v) is 2.49. The minimum absolute atomic E-state index is 0.0913. The first-order valence-corrected chi connectivity index (χ1v) is 6.79. The molecule has 4 heteroatoms. The van der Waals surface area contributed by atoms with Crippen LogP contribution in [0.2, 0.25) is 0 Å². The van der Waals surface area contributed by atoms with Gasteiger partial charge in [-0.1, -0.05) is 13.8 Å². The largest absolute Gasteiger partial charge is 0.444 e. The number of ketones is 1. The molecule has 2 fully saturated rings. The van der Waals surface area contributed by atoms with Crippen molar-refractivity contribution in [1.29, 1.82) is 0 Å². The highest BCUT2D eigenvalue weighted by Gasteiger charge is 2.49. The average molecular weight is 255 g/mol. The van der Waals surface area contributed by atoms with Crippen LogP contribution in [0, 0.1) is 5.41 Å². The molecule has 1 heterocycles. The first-order chi connectivity index (χ1) is 8.30. The van der Waals surface area contributed by atoms with E-state index in [1.54, 1.807) is 4.90 Å². The van der Waals surface area contributed by atoms with Crippen LogP contribution in [-0.2, 0) is 9.53 Å². The molecule has 1 amide bonds. The Morgan fingerprint density at radius 2 is 1.83 bits per heavy atom. The van der Waals surface area contributed by atoms with E-state index in [0.717, 1.165) is 13.0 Å². The highest BCUT2D eigenvalue weighted by atomic mass is 16.6. The van der Waals surface area contributed by atoms with Gasteiger partial charge in [-0.25, -0.2) is 4.79 Å². The zero-order chi connectivity index (χ0) is 14.0. The number of hydrogen-bond donors (Lipinski definition) is 0. The first kappa shape index (κ1) is 15.0. The van der Waals surface area contributed by atoms with E-state index < -0.39 is 5.60 Å². The fraction of sp³-hybridized carbons (Fsp3) is 0.857. The van der Waals surface area contributed by atoms with Crippen molar-refractivity contribution in [2.24, 2.45) is 5.41 Å². The summed E-state index contributed by atoms with van der Waals surface area (Å²) in [6.45, 7) is 11.0. The Hall–Kier alpha value is -1.06. The number of nitrogens with zero attached hydrogens (tertiary/aromatic N) is 1. The molecule has 18 heavy (non-hydrogen) atoms. The lowest BCUT2D eigenvalue weighted by Crippen LogP contribution is -2.42. The predicted molar refractivity (Wildman–Crippen MR) is 70.4 cm³/mol. The van der Waals surface area contributed by atoms with Gasteiger partial charge >= 0.3 is 6.09 Å². The highest BCUT2D eigenvalue weighted by Crippen LogP contribution is 2.45. The molecule has 0 aromatic carbocycles. The van der Waals surface area contributed by atoms with Crippen LogP contribution in [0.3, 0.4) is 0 Å². The molecule has 104 valence electrons. The Labute approximate surface area is 110 Å². The molecule has 1 aliphatic heterocycles. The van der Waals surface area contributed by atoms with E-state index in [4.69, 9.17) is 4.74 Å². The van der Waals surface area contributed by atoms with Gasteiger partial charge in [0.25, 0.3) is 0 Å². The molecule has 1 spiro atoms. The SMILES string of the molecule is CC.CC(C)(C)OC(=O)N1CCC2(CC(=O)C2)C1. The Balaban J connectivity index is 0.000000771. The third-order valence-electron chi connectivity index (χ3n) is 3.23. The lowest BCUT2D eigenvalue weighted by Gasteiger charge is -2.36. The molecule has 0 atom stereocenters. The molecule has 0 unspecified atom stereocenters. The van der Waals surface area contributed by atoms with Crippen LogP contribution in [0.1, 0.15) is 53.9 Å². The van der Waals surface area contributed by atoms with Gasteiger partial charge in [-0.05, 0) is 27.2 Å². The molecule has 1 aliphatic carbocycles. The van der Waals surface area contributed by atoms with Crippen LogP contribution >= 0.6 is 0 Å². The molecule has 0 radical (unpaired) electrons. The van der Waals surface area contributed by atoms with Crippen LogP contribution < -0.4 is 0 Å². The molecule has 1 saturated heterocycles. The maximum atomic E-state index is 11.8. The molecule has 0 aromatic rings. The highest BCUT2D eigenvalue weighted by molar-refractivity contribution is 5.86. The summed E-state index contributed by atoms with van der Waals surface area (Å²) in [5.41, 5.74) is -0.351. The van der Waals surface area contributed by atoms with Crippen LogP contribution in [0.5, 0.6) is 0 Å². The summed E-state index contributed by atoms with van der Waals surface area (Å²) in [7, 11) is 0. The van der Waals surface area contributed by atoms with E-state index in [9.17, 15) is 9.59 Å². The lowest BCUT2D eigenvalue weighted by molar-refractivity contribution is -0.132. The van der Waals surface area contributed by atoms with E-state index in [1.165, 1.54) is 0 Å². The van der Waals surface area contributed by atoms with Gasteiger partial charge in [0.2, 0.25) is 0 Å². The Kier molecular flexibility index (Phi) is 4.41. The number of hydrogen-bond acceptors (Lipinski definition) is 3. The van der Waals surface area contributed by atoms with Gasteiger partial charge < -0.3 is 9.64 Å². The summed E-state index contributed by atoms with van der Waals surface area (Å²) in [6, 6.07) is 0. The van der Waals surface area contributed by atoms with Gasteiger partial charge in [0.05, 0.1) is 0 Å². The number of carbonyl (C=O) groups is 2. The van der Waals surface area contributed by atoms with Gasteiger partial charge in [0, 0.05) is 31.3 Å². The second-order valence-corrected chi connectivity index (χ2v) is 6.04. The zero-order valence-electron chi connectivity index (χ0n) is 12.2. The van der Waals surface area contributed by atoms with Gasteiger partial charge in [-0.15, -0.1) is 0 Å². The van der Waals surface area contributed by atoms with Crippen molar-refractivity contribution in [3.63, 3.8) is 0 Å². The molecule has 2 rings (SSSR count). The monoisotopic (exact) mass is 255 g/mol. The van der Waals surface area contributed by atoms with E-state index in [1.807, 2.05) is 34.6 Å². The zero-order valence-corrected chi connectivity index (χ0v) is 12.2. The average Bonchev–Trinajstić information content (AvgIpc) is 2.63. The fourth-order valence-electron chi connectivity index (χ4n) is 2.49. The minimum Gasteiger partial charge on any atom is -0.444 e. The van der Waals surface area contributed by atoms with Crippen molar-refractivity contribution >= 4 is 11.9 Å². The Bertz CT molecular complexity index is 322. The summed E-state index contributed by atoms with van der Waals surface area (Å²) >= 11 is 0. The molecule has 4 nitrogen and oxygen atoms in total. The van der Waals surface area contributed by atoms with Gasteiger partial charge in [-0.3, -0.25) is 4.79 Å². The molecule has 1 saturated carbocycles. The van der Waals surface area contributed by atoms with Crippen molar-refractivity contribution in [2.45, 2.75) is 59.5 Å². The maximum absolute atomic E-state index is 11.8. The molecule has 0 N–H and O–H groups in total. The van der Waals surface area contributed by atoms with E-state index >= 15 is 0 Å². The number of ether oxygens (including phenoxy) is 1. The maximum Gasteiger partial charge on any atom is 0.410 e. The van der Waals surface area contributed by atoms with Crippen LogP contribution in [0.4, 0.5) is 4.79 Å². The van der Waals surface area contributed by atoms with Crippen LogP contribution in [0.25, 0.3) is 0 Å². The van der Waals surface area contributed by atoms with Crippen molar-refractivity contribution < 1.29 is 14.3 Å². The first-order valence-electron chi connectivity index (χ1n) is 6.79. The predicted octanol–water partition coefficient (Wildman–Crippen LogP) is 3.00.